The van der Waals surface area contributed by atoms with Crippen LogP contribution in [0.3, 0.4) is 0 Å². The highest BCUT2D eigenvalue weighted by molar-refractivity contribution is 8.00. The van der Waals surface area contributed by atoms with Crippen LogP contribution in [0.15, 0.2) is 40.4 Å². The molecule has 24 heavy (non-hydrogen) atoms. The molecule has 1 atom stereocenters. The number of benzene rings is 1. The molecular weight excluding hydrogens is 342 g/mol. The standard InChI is InChI=1S/C16H17N5OS2/c1-10(11-6-4-3-5-7-11)19-13(22)9-24-15-12(8-17)14(23-2)20-16(18)21-15/h3-7,10H,9H2,1-2H3,(H,19,22)(H2,18,20,21). The number of aromatic nitrogens is 2. The number of nitrogens with two attached hydrogens (primary N) is 1. The summed E-state index contributed by atoms with van der Waals surface area (Å²) in [7, 11) is 0. The van der Waals surface area contributed by atoms with Gasteiger partial charge in [0.1, 0.15) is 21.7 Å². The molecule has 1 amide bonds. The SMILES string of the molecule is CSc1nc(N)nc(SCC(=O)NC(C)c2ccccc2)c1C#N. The van der Waals surface area contributed by atoms with Crippen LogP contribution in [0.1, 0.15) is 24.1 Å². The van der Waals surface area contributed by atoms with Crippen LogP contribution in [0.5, 0.6) is 0 Å². The maximum atomic E-state index is 12.1. The van der Waals surface area contributed by atoms with E-state index >= 15 is 0 Å². The van der Waals surface area contributed by atoms with Crippen LogP contribution in [-0.4, -0.2) is 27.9 Å². The highest BCUT2D eigenvalue weighted by atomic mass is 32.2. The molecule has 8 heteroatoms. The molecule has 0 saturated heterocycles. The number of anilines is 1. The number of thioether (sulfide) groups is 2. The van der Waals surface area contributed by atoms with E-state index in [1.54, 1.807) is 0 Å². The summed E-state index contributed by atoms with van der Waals surface area (Å²) in [6, 6.07) is 11.7. The smallest absolute Gasteiger partial charge is 0.230 e. The Morgan fingerprint density at radius 2 is 2.00 bits per heavy atom. The average Bonchev–Trinajstić information content (AvgIpc) is 2.60. The van der Waals surface area contributed by atoms with Crippen molar-refractivity contribution in [2.45, 2.75) is 23.0 Å². The van der Waals surface area contributed by atoms with E-state index in [4.69, 9.17) is 5.73 Å². The minimum absolute atomic E-state index is 0.0908. The van der Waals surface area contributed by atoms with E-state index in [1.807, 2.05) is 43.5 Å². The van der Waals surface area contributed by atoms with Gasteiger partial charge in [0.2, 0.25) is 11.9 Å². The molecule has 0 spiro atoms. The van der Waals surface area contributed by atoms with Crippen molar-refractivity contribution >= 4 is 35.4 Å². The van der Waals surface area contributed by atoms with Crippen molar-refractivity contribution in [1.82, 2.24) is 15.3 Å². The first-order valence-corrected chi connectivity index (χ1v) is 9.35. The molecule has 1 heterocycles. The van der Waals surface area contributed by atoms with Crippen LogP contribution in [0, 0.1) is 11.3 Å². The lowest BCUT2D eigenvalue weighted by atomic mass is 10.1. The van der Waals surface area contributed by atoms with Crippen LogP contribution in [0.2, 0.25) is 0 Å². The normalized spacial score (nSPS) is 11.5. The van der Waals surface area contributed by atoms with Crippen molar-refractivity contribution < 1.29 is 4.79 Å². The van der Waals surface area contributed by atoms with Gasteiger partial charge >= 0.3 is 0 Å². The van der Waals surface area contributed by atoms with Crippen LogP contribution >= 0.6 is 23.5 Å². The number of nitriles is 1. The highest BCUT2D eigenvalue weighted by Crippen LogP contribution is 2.27. The van der Waals surface area contributed by atoms with Gasteiger partial charge in [0, 0.05) is 0 Å². The largest absolute Gasteiger partial charge is 0.368 e. The molecule has 6 nitrogen and oxygen atoms in total. The summed E-state index contributed by atoms with van der Waals surface area (Å²) >= 11 is 2.50. The Kier molecular flexibility index (Phi) is 6.46. The van der Waals surface area contributed by atoms with Gasteiger partial charge in [-0.15, -0.1) is 11.8 Å². The fourth-order valence-corrected chi connectivity index (χ4v) is 3.42. The highest BCUT2D eigenvalue weighted by Gasteiger charge is 2.16. The van der Waals surface area contributed by atoms with E-state index in [9.17, 15) is 10.1 Å². The van der Waals surface area contributed by atoms with Gasteiger partial charge in [-0.1, -0.05) is 42.1 Å². The van der Waals surface area contributed by atoms with Crippen LogP contribution in [0.25, 0.3) is 0 Å². The Hall–Kier alpha value is -2.24. The molecule has 124 valence electrons. The Morgan fingerprint density at radius 1 is 1.33 bits per heavy atom. The zero-order valence-corrected chi connectivity index (χ0v) is 14.9. The first kappa shape index (κ1) is 18.1. The quantitative estimate of drug-likeness (QED) is 0.603. The molecule has 3 N–H and O–H groups in total. The number of carbonyl (C=O) groups is 1. The zero-order chi connectivity index (χ0) is 17.5. The topological polar surface area (TPSA) is 105 Å². The second-order valence-corrected chi connectivity index (χ2v) is 6.63. The van der Waals surface area contributed by atoms with Crippen molar-refractivity contribution in [3.63, 3.8) is 0 Å². The molecular formula is C16H17N5OS2. The molecule has 0 aliphatic rings. The molecule has 0 radical (unpaired) electrons. The molecule has 2 rings (SSSR count). The predicted octanol–water partition coefficient (Wildman–Crippen LogP) is 2.62. The van der Waals surface area contributed by atoms with Crippen LogP contribution in [-0.2, 0) is 4.79 Å². The van der Waals surface area contributed by atoms with Gasteiger partial charge in [-0.05, 0) is 18.7 Å². The third-order valence-corrected chi connectivity index (χ3v) is 4.84. The summed E-state index contributed by atoms with van der Waals surface area (Å²) in [6.45, 7) is 1.92. The van der Waals surface area contributed by atoms with E-state index in [0.717, 1.165) is 5.56 Å². The number of nitrogens with zero attached hydrogens (tertiary/aromatic N) is 3. The third-order valence-electron chi connectivity index (χ3n) is 3.18. The number of amides is 1. The lowest BCUT2D eigenvalue weighted by Crippen LogP contribution is -2.28. The number of hydrogen-bond acceptors (Lipinski definition) is 7. The minimum atomic E-state index is -0.136. The van der Waals surface area contributed by atoms with E-state index in [2.05, 4.69) is 21.4 Å². The van der Waals surface area contributed by atoms with E-state index in [-0.39, 0.29) is 23.7 Å². The Bertz CT molecular complexity index is 761. The molecule has 2 aromatic rings. The van der Waals surface area contributed by atoms with Crippen LogP contribution < -0.4 is 11.1 Å². The lowest BCUT2D eigenvalue weighted by molar-refractivity contribution is -0.119. The summed E-state index contributed by atoms with van der Waals surface area (Å²) in [5.41, 5.74) is 7.05. The Balaban J connectivity index is 2.02. The minimum Gasteiger partial charge on any atom is -0.368 e. The van der Waals surface area contributed by atoms with Crippen molar-refractivity contribution in [2.24, 2.45) is 0 Å². The monoisotopic (exact) mass is 359 g/mol. The predicted molar refractivity (Wildman–Crippen MR) is 96.7 cm³/mol. The number of nitrogen functional groups attached to an aromatic ring is 1. The van der Waals surface area contributed by atoms with Crippen molar-refractivity contribution in [3.8, 4) is 6.07 Å². The van der Waals surface area contributed by atoms with Gasteiger partial charge in [0.25, 0.3) is 0 Å². The second-order valence-electron chi connectivity index (χ2n) is 4.87. The number of carbonyl (C=O) groups excluding carboxylic acids is 1. The average molecular weight is 359 g/mol. The van der Waals surface area contributed by atoms with Gasteiger partial charge in [0.15, 0.2) is 0 Å². The molecule has 0 aliphatic carbocycles. The van der Waals surface area contributed by atoms with Crippen molar-refractivity contribution in [3.05, 3.63) is 41.5 Å². The maximum Gasteiger partial charge on any atom is 0.230 e. The summed E-state index contributed by atoms with van der Waals surface area (Å²) in [5, 5.41) is 13.2. The summed E-state index contributed by atoms with van der Waals surface area (Å²) in [5.74, 6) is 0.109. The fraction of sp³-hybridized carbons (Fsp3) is 0.250. The number of hydrogen-bond donors (Lipinski definition) is 2. The second kappa shape index (κ2) is 8.57. The molecule has 0 bridgehead atoms. The Labute approximate surface area is 149 Å². The lowest BCUT2D eigenvalue weighted by Gasteiger charge is -2.14. The molecule has 1 aromatic heterocycles. The van der Waals surface area contributed by atoms with Gasteiger partial charge in [-0.3, -0.25) is 4.79 Å². The van der Waals surface area contributed by atoms with Crippen molar-refractivity contribution in [1.29, 1.82) is 5.26 Å². The molecule has 0 fully saturated rings. The van der Waals surface area contributed by atoms with Gasteiger partial charge < -0.3 is 11.1 Å². The Morgan fingerprint density at radius 3 is 2.62 bits per heavy atom. The fourth-order valence-electron chi connectivity index (χ4n) is 2.03. The summed E-state index contributed by atoms with van der Waals surface area (Å²) in [4.78, 5) is 20.3. The van der Waals surface area contributed by atoms with E-state index in [0.29, 0.717) is 15.6 Å². The van der Waals surface area contributed by atoms with Crippen molar-refractivity contribution in [2.75, 3.05) is 17.7 Å². The van der Waals surface area contributed by atoms with E-state index < -0.39 is 0 Å². The van der Waals surface area contributed by atoms with E-state index in [1.165, 1.54) is 23.5 Å². The number of nitrogens with one attached hydrogen (secondary N) is 1. The summed E-state index contributed by atoms with van der Waals surface area (Å²) in [6.07, 6.45) is 1.81. The molecule has 1 aromatic carbocycles. The van der Waals surface area contributed by atoms with Gasteiger partial charge in [-0.25, -0.2) is 9.97 Å². The third kappa shape index (κ3) is 4.63. The first-order chi connectivity index (χ1) is 11.5. The molecule has 1 unspecified atom stereocenters. The first-order valence-electron chi connectivity index (χ1n) is 7.13. The maximum absolute atomic E-state index is 12.1. The molecule has 0 saturated carbocycles. The number of rotatable bonds is 6. The zero-order valence-electron chi connectivity index (χ0n) is 13.3. The van der Waals surface area contributed by atoms with Crippen LogP contribution in [0.4, 0.5) is 5.95 Å². The van der Waals surface area contributed by atoms with Gasteiger partial charge in [0.05, 0.1) is 11.8 Å². The summed E-state index contributed by atoms with van der Waals surface area (Å²) < 4.78 is 0. The van der Waals surface area contributed by atoms with Gasteiger partial charge in [-0.2, -0.15) is 5.26 Å². The molecule has 0 aliphatic heterocycles.